The zero-order valence-corrected chi connectivity index (χ0v) is 17.0. The third kappa shape index (κ3) is 7.18. The summed E-state index contributed by atoms with van der Waals surface area (Å²) in [6.07, 6.45) is 9.53. The molecular weight excluding hydrogens is 364 g/mol. The Morgan fingerprint density at radius 3 is 2.64 bits per heavy atom. The van der Waals surface area contributed by atoms with E-state index in [2.05, 4.69) is 4.74 Å². The summed E-state index contributed by atoms with van der Waals surface area (Å²) in [5.74, 6) is -0.623. The Hall–Kier alpha value is -1.44. The molecule has 1 unspecified atom stereocenters. The summed E-state index contributed by atoms with van der Waals surface area (Å²) < 4.78 is 22.0. The van der Waals surface area contributed by atoms with Crippen LogP contribution in [0.3, 0.4) is 0 Å². The van der Waals surface area contributed by atoms with Crippen LogP contribution in [0.2, 0.25) is 0 Å². The van der Waals surface area contributed by atoms with Gasteiger partial charge in [0.25, 0.3) is 0 Å². The minimum Gasteiger partial charge on any atom is -0.469 e. The molecule has 1 aliphatic carbocycles. The highest BCUT2D eigenvalue weighted by Crippen LogP contribution is 2.40. The van der Waals surface area contributed by atoms with Crippen molar-refractivity contribution in [3.8, 4) is 0 Å². The molecule has 0 amide bonds. The predicted octanol–water partition coefficient (Wildman–Crippen LogP) is 2.75. The molecule has 1 N–H and O–H groups in total. The fourth-order valence-corrected chi connectivity index (χ4v) is 4.07. The molecule has 0 spiro atoms. The number of aliphatic hydroxyl groups is 1. The van der Waals surface area contributed by atoms with Gasteiger partial charge in [-0.2, -0.15) is 0 Å². The van der Waals surface area contributed by atoms with Gasteiger partial charge in [-0.15, -0.1) is 0 Å². The topological polar surface area (TPSA) is 91.3 Å². The van der Waals surface area contributed by atoms with E-state index in [1.165, 1.54) is 14.0 Å². The largest absolute Gasteiger partial charge is 0.469 e. The number of allylic oxidation sites excluding steroid dienone is 2. The van der Waals surface area contributed by atoms with Gasteiger partial charge in [-0.05, 0) is 38.5 Å². The first kappa shape index (κ1) is 22.8. The van der Waals surface area contributed by atoms with Gasteiger partial charge in [0.15, 0.2) is 6.29 Å². The maximum Gasteiger partial charge on any atom is 0.305 e. The van der Waals surface area contributed by atoms with Crippen molar-refractivity contribution in [2.75, 3.05) is 20.3 Å². The van der Waals surface area contributed by atoms with Crippen LogP contribution in [0.15, 0.2) is 12.2 Å². The van der Waals surface area contributed by atoms with Crippen molar-refractivity contribution in [1.82, 2.24) is 0 Å². The van der Waals surface area contributed by atoms with Crippen molar-refractivity contribution in [2.24, 2.45) is 11.8 Å². The van der Waals surface area contributed by atoms with Crippen LogP contribution in [-0.2, 0) is 28.5 Å². The molecule has 1 aliphatic heterocycles. The zero-order valence-electron chi connectivity index (χ0n) is 17.0. The maximum atomic E-state index is 11.5. The smallest absolute Gasteiger partial charge is 0.305 e. The minimum absolute atomic E-state index is 0.000604. The molecule has 0 radical (unpaired) electrons. The summed E-state index contributed by atoms with van der Waals surface area (Å²) in [7, 11) is 1.39. The van der Waals surface area contributed by atoms with E-state index in [0.717, 1.165) is 32.1 Å². The van der Waals surface area contributed by atoms with Crippen molar-refractivity contribution < 1.29 is 33.6 Å². The Labute approximate surface area is 167 Å². The SMILES string of the molecule is COC(=O)CCC/C=C\C[C@H]1[C@H](CO)[C@@H](OC2CCCCO2)C[C@H]1OC(C)=O. The highest BCUT2D eigenvalue weighted by atomic mass is 16.7. The highest BCUT2D eigenvalue weighted by Gasteiger charge is 2.45. The molecule has 7 heteroatoms. The molecule has 0 aromatic rings. The number of hydrogen-bond donors (Lipinski definition) is 1. The quantitative estimate of drug-likeness (QED) is 0.344. The van der Waals surface area contributed by atoms with Gasteiger partial charge in [-0.3, -0.25) is 9.59 Å². The lowest BCUT2D eigenvalue weighted by atomic mass is 9.91. The Morgan fingerprint density at radius 1 is 1.18 bits per heavy atom. The molecule has 28 heavy (non-hydrogen) atoms. The molecule has 0 bridgehead atoms. The Balaban J connectivity index is 1.91. The van der Waals surface area contributed by atoms with Gasteiger partial charge in [0.1, 0.15) is 6.10 Å². The normalized spacial score (nSPS) is 30.5. The van der Waals surface area contributed by atoms with Crippen LogP contribution in [0.5, 0.6) is 0 Å². The molecule has 0 aromatic heterocycles. The van der Waals surface area contributed by atoms with Crippen LogP contribution in [0.4, 0.5) is 0 Å². The van der Waals surface area contributed by atoms with Gasteiger partial charge >= 0.3 is 11.9 Å². The predicted molar refractivity (Wildman–Crippen MR) is 102 cm³/mol. The first-order valence-electron chi connectivity index (χ1n) is 10.3. The standard InChI is InChI=1S/C21H34O7/c1-15(23)27-18-13-19(28-21-11-7-8-12-26-21)17(14-22)16(18)9-5-3-4-6-10-20(24)25-2/h3,5,16-19,21-22H,4,6-14H2,1-2H3/b5-3-/t16-,17-,18+,19-,21?/m0/s1. The Bertz CT molecular complexity index is 513. The molecule has 160 valence electrons. The van der Waals surface area contributed by atoms with Gasteiger partial charge in [0.2, 0.25) is 0 Å². The molecular formula is C21H34O7. The monoisotopic (exact) mass is 398 g/mol. The van der Waals surface area contributed by atoms with Crippen LogP contribution in [0.25, 0.3) is 0 Å². The van der Waals surface area contributed by atoms with E-state index < -0.39 is 0 Å². The molecule has 7 nitrogen and oxygen atoms in total. The molecule has 2 fully saturated rings. The summed E-state index contributed by atoms with van der Waals surface area (Å²) in [6.45, 7) is 2.09. The van der Waals surface area contributed by atoms with E-state index in [-0.39, 0.29) is 48.9 Å². The fourth-order valence-electron chi connectivity index (χ4n) is 4.07. The average molecular weight is 398 g/mol. The first-order valence-corrected chi connectivity index (χ1v) is 10.3. The molecule has 2 rings (SSSR count). The number of rotatable bonds is 10. The second-order valence-electron chi connectivity index (χ2n) is 7.54. The first-order chi connectivity index (χ1) is 13.5. The number of carbonyl (C=O) groups is 2. The van der Waals surface area contributed by atoms with Crippen LogP contribution in [-0.4, -0.2) is 55.9 Å². The number of carbonyl (C=O) groups excluding carboxylic acids is 2. The van der Waals surface area contributed by atoms with Gasteiger partial charge in [-0.25, -0.2) is 0 Å². The minimum atomic E-state index is -0.316. The van der Waals surface area contributed by atoms with Gasteiger partial charge in [0.05, 0.1) is 13.2 Å². The van der Waals surface area contributed by atoms with Gasteiger partial charge in [0, 0.05) is 44.8 Å². The Morgan fingerprint density at radius 2 is 2.00 bits per heavy atom. The third-order valence-corrected chi connectivity index (χ3v) is 5.52. The fraction of sp³-hybridized carbons (Fsp3) is 0.810. The van der Waals surface area contributed by atoms with E-state index in [0.29, 0.717) is 25.9 Å². The molecule has 1 saturated heterocycles. The van der Waals surface area contributed by atoms with Gasteiger partial charge in [-0.1, -0.05) is 12.2 Å². The van der Waals surface area contributed by atoms with Crippen LogP contribution >= 0.6 is 0 Å². The number of aliphatic hydroxyl groups excluding tert-OH is 1. The van der Waals surface area contributed by atoms with Crippen LogP contribution in [0.1, 0.15) is 58.3 Å². The second kappa shape index (κ2) is 12.2. The van der Waals surface area contributed by atoms with Crippen molar-refractivity contribution in [2.45, 2.75) is 76.8 Å². The highest BCUT2D eigenvalue weighted by molar-refractivity contribution is 5.69. The molecule has 0 aromatic carbocycles. The van der Waals surface area contributed by atoms with Crippen molar-refractivity contribution in [3.63, 3.8) is 0 Å². The van der Waals surface area contributed by atoms with Crippen molar-refractivity contribution in [3.05, 3.63) is 12.2 Å². The van der Waals surface area contributed by atoms with E-state index in [4.69, 9.17) is 14.2 Å². The number of unbranched alkanes of at least 4 members (excludes halogenated alkanes) is 1. The molecule has 5 atom stereocenters. The summed E-state index contributed by atoms with van der Waals surface area (Å²) >= 11 is 0. The van der Waals surface area contributed by atoms with Crippen molar-refractivity contribution >= 4 is 11.9 Å². The summed E-state index contributed by atoms with van der Waals surface area (Å²) in [5, 5.41) is 9.98. The molecule has 1 heterocycles. The zero-order chi connectivity index (χ0) is 20.4. The Kier molecular flexibility index (Phi) is 9.95. The number of hydrogen-bond acceptors (Lipinski definition) is 7. The average Bonchev–Trinajstić information content (AvgIpc) is 3.00. The number of ether oxygens (including phenoxy) is 4. The lowest BCUT2D eigenvalue weighted by Crippen LogP contribution is -2.33. The van der Waals surface area contributed by atoms with E-state index in [1.807, 2.05) is 12.2 Å². The lowest BCUT2D eigenvalue weighted by molar-refractivity contribution is -0.198. The van der Waals surface area contributed by atoms with Crippen LogP contribution < -0.4 is 0 Å². The lowest BCUT2D eigenvalue weighted by Gasteiger charge is -2.29. The molecule has 1 saturated carbocycles. The van der Waals surface area contributed by atoms with E-state index in [9.17, 15) is 14.7 Å². The van der Waals surface area contributed by atoms with Crippen molar-refractivity contribution in [1.29, 1.82) is 0 Å². The summed E-state index contributed by atoms with van der Waals surface area (Å²) in [6, 6.07) is 0. The number of methoxy groups -OCH3 is 1. The van der Waals surface area contributed by atoms with E-state index >= 15 is 0 Å². The summed E-state index contributed by atoms with van der Waals surface area (Å²) in [5.41, 5.74) is 0. The van der Waals surface area contributed by atoms with E-state index in [1.54, 1.807) is 0 Å². The van der Waals surface area contributed by atoms with Crippen LogP contribution in [0, 0.1) is 11.8 Å². The molecule has 2 aliphatic rings. The third-order valence-electron chi connectivity index (χ3n) is 5.52. The van der Waals surface area contributed by atoms with Gasteiger partial charge < -0.3 is 24.1 Å². The number of esters is 2. The summed E-state index contributed by atoms with van der Waals surface area (Å²) in [4.78, 5) is 22.7. The second-order valence-corrected chi connectivity index (χ2v) is 7.54. The maximum absolute atomic E-state index is 11.5.